The third-order valence-electron chi connectivity index (χ3n) is 14.7. The summed E-state index contributed by atoms with van der Waals surface area (Å²) in [4.78, 5) is 24.5. The summed E-state index contributed by atoms with van der Waals surface area (Å²) in [7, 11) is 0. The highest BCUT2D eigenvalue weighted by Gasteiger charge is 2.20. The topological polar surface area (TPSA) is 95.9 Å². The molecule has 0 heterocycles. The molecule has 6 heteroatoms. The molecule has 0 aliphatic carbocycles. The van der Waals surface area contributed by atoms with E-state index in [1.807, 2.05) is 0 Å². The summed E-state index contributed by atoms with van der Waals surface area (Å²) in [5, 5.41) is 23.3. The van der Waals surface area contributed by atoms with E-state index in [4.69, 9.17) is 4.74 Å². The Bertz CT molecular complexity index is 959. The Hall–Kier alpha value is -1.14. The summed E-state index contributed by atoms with van der Waals surface area (Å²) < 4.78 is 5.49. The van der Waals surface area contributed by atoms with E-state index in [0.717, 1.165) is 38.5 Å². The molecule has 6 nitrogen and oxygen atoms in total. The van der Waals surface area contributed by atoms with Crippen molar-refractivity contribution >= 4 is 11.9 Å². The minimum atomic E-state index is -0.663. The van der Waals surface area contributed by atoms with Crippen molar-refractivity contribution in [2.45, 2.75) is 366 Å². The molecule has 0 aliphatic rings. The second kappa shape index (κ2) is 57.4. The van der Waals surface area contributed by atoms with Crippen molar-refractivity contribution in [2.75, 3.05) is 13.2 Å². The van der Waals surface area contributed by atoms with Gasteiger partial charge in [-0.15, -0.1) is 0 Å². The zero-order chi connectivity index (χ0) is 48.6. The average Bonchev–Trinajstić information content (AvgIpc) is 3.33. The van der Waals surface area contributed by atoms with Crippen molar-refractivity contribution < 1.29 is 24.5 Å². The molecule has 0 saturated carbocycles. The van der Waals surface area contributed by atoms with Crippen LogP contribution in [-0.2, 0) is 14.3 Å². The monoisotopic (exact) mass is 948 g/mol. The van der Waals surface area contributed by atoms with Gasteiger partial charge in [0.2, 0.25) is 5.91 Å². The number of amides is 1. The van der Waals surface area contributed by atoms with Gasteiger partial charge in [0.25, 0.3) is 0 Å². The molecule has 0 aliphatic heterocycles. The van der Waals surface area contributed by atoms with E-state index < -0.39 is 12.1 Å². The van der Waals surface area contributed by atoms with E-state index in [0.29, 0.717) is 25.9 Å². The number of esters is 1. The fraction of sp³-hybridized carbons (Fsp3) is 0.967. The lowest BCUT2D eigenvalue weighted by Crippen LogP contribution is -2.45. The molecule has 0 fully saturated rings. The average molecular weight is 949 g/mol. The minimum absolute atomic E-state index is 0.0159. The summed E-state index contributed by atoms with van der Waals surface area (Å²) in [5.74, 6) is -0.0173. The number of hydrogen-bond acceptors (Lipinski definition) is 5. The van der Waals surface area contributed by atoms with E-state index in [2.05, 4.69) is 19.2 Å². The Morgan fingerprint density at radius 1 is 0.358 bits per heavy atom. The smallest absolute Gasteiger partial charge is 0.305 e. The number of ether oxygens (including phenoxy) is 1. The largest absolute Gasteiger partial charge is 0.466 e. The van der Waals surface area contributed by atoms with E-state index in [-0.39, 0.29) is 18.5 Å². The number of rotatable bonds is 58. The Morgan fingerprint density at radius 2 is 0.612 bits per heavy atom. The van der Waals surface area contributed by atoms with Gasteiger partial charge in [-0.3, -0.25) is 9.59 Å². The lowest BCUT2D eigenvalue weighted by molar-refractivity contribution is -0.143. The molecule has 0 saturated heterocycles. The molecular weight excluding hydrogens is 827 g/mol. The number of aliphatic hydroxyl groups excluding tert-OH is 2. The number of carbonyl (C=O) groups is 2. The molecule has 1 amide bonds. The Morgan fingerprint density at radius 3 is 0.910 bits per heavy atom. The van der Waals surface area contributed by atoms with Crippen molar-refractivity contribution in [1.82, 2.24) is 5.32 Å². The zero-order valence-electron chi connectivity index (χ0n) is 45.7. The molecular formula is C61H121NO5. The molecule has 0 aromatic carbocycles. The molecule has 0 aromatic rings. The van der Waals surface area contributed by atoms with Crippen LogP contribution in [0.25, 0.3) is 0 Å². The van der Waals surface area contributed by atoms with Gasteiger partial charge in [0.1, 0.15) is 0 Å². The first kappa shape index (κ1) is 65.9. The van der Waals surface area contributed by atoms with Gasteiger partial charge in [-0.05, 0) is 25.7 Å². The van der Waals surface area contributed by atoms with Gasteiger partial charge in [-0.25, -0.2) is 0 Å². The minimum Gasteiger partial charge on any atom is -0.466 e. The third kappa shape index (κ3) is 54.0. The van der Waals surface area contributed by atoms with Crippen molar-refractivity contribution in [3.8, 4) is 0 Å². The Kier molecular flexibility index (Phi) is 56.5. The van der Waals surface area contributed by atoms with Gasteiger partial charge in [0.15, 0.2) is 0 Å². The summed E-state index contributed by atoms with van der Waals surface area (Å²) in [6, 6.07) is -0.540. The highest BCUT2D eigenvalue weighted by molar-refractivity contribution is 5.76. The highest BCUT2D eigenvalue weighted by atomic mass is 16.5. The lowest BCUT2D eigenvalue weighted by Gasteiger charge is -2.22. The second-order valence-corrected chi connectivity index (χ2v) is 21.4. The van der Waals surface area contributed by atoms with Crippen molar-refractivity contribution in [3.63, 3.8) is 0 Å². The van der Waals surface area contributed by atoms with Crippen LogP contribution in [0, 0.1) is 0 Å². The van der Waals surface area contributed by atoms with Gasteiger partial charge in [0, 0.05) is 12.8 Å². The van der Waals surface area contributed by atoms with Crippen LogP contribution in [0.2, 0.25) is 0 Å². The van der Waals surface area contributed by atoms with Gasteiger partial charge < -0.3 is 20.3 Å². The molecule has 0 spiro atoms. The fourth-order valence-corrected chi connectivity index (χ4v) is 9.94. The normalized spacial score (nSPS) is 12.5. The van der Waals surface area contributed by atoms with E-state index >= 15 is 0 Å². The van der Waals surface area contributed by atoms with Crippen LogP contribution in [0.5, 0.6) is 0 Å². The molecule has 2 unspecified atom stereocenters. The number of aliphatic hydroxyl groups is 2. The maximum Gasteiger partial charge on any atom is 0.305 e. The number of nitrogens with one attached hydrogen (secondary N) is 1. The van der Waals surface area contributed by atoms with Gasteiger partial charge in [-0.1, -0.05) is 316 Å². The third-order valence-corrected chi connectivity index (χ3v) is 14.7. The summed E-state index contributed by atoms with van der Waals surface area (Å²) in [5.41, 5.74) is 0. The quantitative estimate of drug-likeness (QED) is 0.0417. The molecule has 3 N–H and O–H groups in total. The summed E-state index contributed by atoms with van der Waals surface area (Å²) >= 11 is 0. The number of unbranched alkanes of at least 4 members (excludes halogenated alkanes) is 47. The van der Waals surface area contributed by atoms with Gasteiger partial charge >= 0.3 is 5.97 Å². The zero-order valence-corrected chi connectivity index (χ0v) is 45.7. The molecule has 0 rings (SSSR count). The number of hydrogen-bond donors (Lipinski definition) is 3. The van der Waals surface area contributed by atoms with Crippen LogP contribution >= 0.6 is 0 Å². The second-order valence-electron chi connectivity index (χ2n) is 21.4. The first-order chi connectivity index (χ1) is 33.0. The van der Waals surface area contributed by atoms with Crippen LogP contribution in [0.3, 0.4) is 0 Å². The van der Waals surface area contributed by atoms with Crippen molar-refractivity contribution in [1.29, 1.82) is 0 Å². The van der Waals surface area contributed by atoms with E-state index in [1.165, 1.54) is 283 Å². The van der Waals surface area contributed by atoms with E-state index in [9.17, 15) is 19.8 Å². The van der Waals surface area contributed by atoms with Crippen molar-refractivity contribution in [3.05, 3.63) is 0 Å². The Balaban J connectivity index is 3.35. The molecule has 0 bridgehead atoms. The predicted molar refractivity (Wildman–Crippen MR) is 292 cm³/mol. The molecule has 0 aromatic heterocycles. The molecule has 400 valence electrons. The molecule has 0 radical (unpaired) electrons. The van der Waals surface area contributed by atoms with Gasteiger partial charge in [0.05, 0.1) is 25.4 Å². The SMILES string of the molecule is CCCCCCCCCCCCCCCCCC(=O)OCCCCCCCCCCCCCCCCCCCCCCCC(=O)NC(CO)C(O)CCCCCCCCCCCCCCCC. The molecule has 67 heavy (non-hydrogen) atoms. The maximum absolute atomic E-state index is 12.5. The fourth-order valence-electron chi connectivity index (χ4n) is 9.94. The number of carbonyl (C=O) groups excluding carboxylic acids is 2. The first-order valence-corrected chi connectivity index (χ1v) is 30.8. The lowest BCUT2D eigenvalue weighted by atomic mass is 10.0. The van der Waals surface area contributed by atoms with Gasteiger partial charge in [-0.2, -0.15) is 0 Å². The van der Waals surface area contributed by atoms with Crippen LogP contribution in [0.4, 0.5) is 0 Å². The summed E-state index contributed by atoms with van der Waals surface area (Å²) in [6.07, 6.45) is 66.8. The van der Waals surface area contributed by atoms with Crippen LogP contribution in [-0.4, -0.2) is 47.4 Å². The van der Waals surface area contributed by atoms with Crippen LogP contribution in [0.1, 0.15) is 354 Å². The van der Waals surface area contributed by atoms with E-state index in [1.54, 1.807) is 0 Å². The van der Waals surface area contributed by atoms with Crippen LogP contribution in [0.15, 0.2) is 0 Å². The highest BCUT2D eigenvalue weighted by Crippen LogP contribution is 2.18. The first-order valence-electron chi connectivity index (χ1n) is 30.8. The van der Waals surface area contributed by atoms with Crippen LogP contribution < -0.4 is 5.32 Å². The molecule has 2 atom stereocenters. The predicted octanol–water partition coefficient (Wildman–Crippen LogP) is 19.1. The maximum atomic E-state index is 12.5. The van der Waals surface area contributed by atoms with Crippen molar-refractivity contribution in [2.24, 2.45) is 0 Å². The summed E-state index contributed by atoms with van der Waals surface area (Å²) in [6.45, 7) is 4.98. The Labute approximate surface area is 419 Å². The standard InChI is InChI=1S/C61H121NO5/c1-3-5-7-9-11-13-15-17-26-31-35-39-43-47-51-55-61(66)67-56-52-48-44-40-36-32-28-25-23-21-19-20-22-24-27-30-34-38-42-46-50-54-60(65)62-58(57-63)59(64)53-49-45-41-37-33-29-18-16-14-12-10-8-6-4-2/h58-59,63-64H,3-57H2,1-2H3,(H,62,65).